The SMILES string of the molecule is [O-][Si]([O-])([O-])[O-].[Y+3].[Yb+3]. The summed E-state index contributed by atoms with van der Waals surface area (Å²) in [5, 5.41) is 0. The molecule has 0 bridgehead atoms. The van der Waals surface area contributed by atoms with Crippen molar-refractivity contribution in [1.82, 2.24) is 0 Å². The molecule has 1 radical (unpaired) electrons. The van der Waals surface area contributed by atoms with Gasteiger partial charge in [-0.3, -0.25) is 0 Å². The van der Waals surface area contributed by atoms with Gasteiger partial charge in [0.05, 0.1) is 0 Å². The van der Waals surface area contributed by atoms with Gasteiger partial charge in [-0.15, -0.1) is 0 Å². The molecule has 0 aromatic rings. The van der Waals surface area contributed by atoms with Crippen molar-refractivity contribution in [3.05, 3.63) is 0 Å². The summed E-state index contributed by atoms with van der Waals surface area (Å²) < 4.78 is 0. The summed E-state index contributed by atoms with van der Waals surface area (Å²) in [6.07, 6.45) is 0. The van der Waals surface area contributed by atoms with Crippen molar-refractivity contribution >= 4 is 9.05 Å². The van der Waals surface area contributed by atoms with E-state index in [1.54, 1.807) is 0 Å². The van der Waals surface area contributed by atoms with Gasteiger partial charge in [-0.25, -0.2) is 0 Å². The first-order valence-electron chi connectivity index (χ1n) is 0.816. The van der Waals surface area contributed by atoms with Crippen LogP contribution in [0.25, 0.3) is 0 Å². The van der Waals surface area contributed by atoms with Crippen molar-refractivity contribution in [2.45, 2.75) is 0 Å². The van der Waals surface area contributed by atoms with Crippen molar-refractivity contribution in [2.24, 2.45) is 0 Å². The predicted molar refractivity (Wildman–Crippen MR) is 5.75 cm³/mol. The van der Waals surface area contributed by atoms with E-state index in [-0.39, 0.29) is 79.6 Å². The van der Waals surface area contributed by atoms with Gasteiger partial charge in [-0.1, -0.05) is 0 Å². The quantitative estimate of drug-likeness (QED) is 0.407. The third-order valence-corrected chi connectivity index (χ3v) is 0. The molecule has 7 heteroatoms. The Bertz CT molecular complexity index is 27.2. The van der Waals surface area contributed by atoms with Gasteiger partial charge in [0.2, 0.25) is 0 Å². The van der Waals surface area contributed by atoms with Crippen molar-refractivity contribution < 1.29 is 98.8 Å². The van der Waals surface area contributed by atoms with Crippen LogP contribution < -0.4 is 19.2 Å². The Morgan fingerprint density at radius 1 is 0.857 bits per heavy atom. The number of hydrogen-bond acceptors (Lipinski definition) is 4. The predicted octanol–water partition coefficient (Wildman–Crippen LogP) is -5.14. The van der Waals surface area contributed by atoms with E-state index >= 15 is 0 Å². The molecule has 0 saturated carbocycles. The molecule has 0 heterocycles. The third-order valence-electron chi connectivity index (χ3n) is 0. The van der Waals surface area contributed by atoms with Gasteiger partial charge in [0, 0.05) is 0 Å². The van der Waals surface area contributed by atoms with E-state index in [1.807, 2.05) is 0 Å². The zero-order valence-corrected chi connectivity index (χ0v) is 8.53. The third kappa shape index (κ3) is 53.9. The zero-order valence-electron chi connectivity index (χ0n) is 2.98. The van der Waals surface area contributed by atoms with Crippen LogP contribution in [0.4, 0.5) is 0 Å². The Morgan fingerprint density at radius 2 is 0.857 bits per heavy atom. The summed E-state index contributed by atoms with van der Waals surface area (Å²) in [4.78, 5) is 34.3. The summed E-state index contributed by atoms with van der Waals surface area (Å²) in [5.41, 5.74) is 0. The molecular formula is O4SiYYb+2. The first-order chi connectivity index (χ1) is 2.00. The second-order valence-electron chi connectivity index (χ2n) is 0.500. The molecule has 0 aliphatic carbocycles. The molecule has 0 amide bonds. The second kappa shape index (κ2) is 6.80. The van der Waals surface area contributed by atoms with Crippen molar-refractivity contribution in [1.29, 1.82) is 0 Å². The minimum Gasteiger partial charge on any atom is -0.894 e. The summed E-state index contributed by atoms with van der Waals surface area (Å²) >= 11 is 0. The van der Waals surface area contributed by atoms with E-state index < -0.39 is 9.05 Å². The Labute approximate surface area is 106 Å². The van der Waals surface area contributed by atoms with E-state index in [1.165, 1.54) is 0 Å². The Morgan fingerprint density at radius 3 is 0.857 bits per heavy atom. The molecule has 0 spiro atoms. The monoisotopic (exact) mass is 355 g/mol. The summed E-state index contributed by atoms with van der Waals surface area (Å²) in [6, 6.07) is 0. The van der Waals surface area contributed by atoms with Crippen LogP contribution in [0, 0.1) is 46.9 Å². The fraction of sp³-hybridized carbons (Fsp3) is 0. The summed E-state index contributed by atoms with van der Waals surface area (Å²) in [6.45, 7) is 0. The van der Waals surface area contributed by atoms with E-state index in [0.29, 0.717) is 0 Å². The van der Waals surface area contributed by atoms with Crippen LogP contribution in [0.1, 0.15) is 0 Å². The van der Waals surface area contributed by atoms with Crippen LogP contribution in [0.5, 0.6) is 0 Å². The van der Waals surface area contributed by atoms with E-state index in [0.717, 1.165) is 0 Å². The first-order valence-corrected chi connectivity index (χ1v) is 2.45. The molecule has 4 nitrogen and oxygen atoms in total. The molecule has 7 heavy (non-hydrogen) atoms. The average molecular weight is 354 g/mol. The van der Waals surface area contributed by atoms with Crippen LogP contribution in [0.2, 0.25) is 0 Å². The fourth-order valence-corrected chi connectivity index (χ4v) is 0. The minimum absolute atomic E-state index is 0. The molecule has 0 aliphatic heterocycles. The zero-order chi connectivity index (χ0) is 4.50. The molecule has 0 aliphatic rings. The molecular weight excluding hydrogens is 354 g/mol. The first kappa shape index (κ1) is 16.3. The molecule has 0 aromatic carbocycles. The minimum atomic E-state index is -5.61. The van der Waals surface area contributed by atoms with E-state index in [2.05, 4.69) is 0 Å². The van der Waals surface area contributed by atoms with Crippen LogP contribution in [-0.2, 0) is 32.7 Å². The molecule has 0 fully saturated rings. The molecule has 0 aromatic heterocycles. The standard InChI is InChI=1S/O4Si.Y.Yb/c1-5(2,3)4;;/q-4;2*+3. The molecule has 43 valence electrons. The molecule has 0 rings (SSSR count). The molecule has 0 saturated heterocycles. The molecule has 0 unspecified atom stereocenters. The summed E-state index contributed by atoms with van der Waals surface area (Å²) in [5.74, 6) is 0. The van der Waals surface area contributed by atoms with E-state index in [9.17, 15) is 0 Å². The van der Waals surface area contributed by atoms with Crippen molar-refractivity contribution in [3.8, 4) is 0 Å². The Kier molecular flexibility index (Phi) is 15.9. The fourth-order valence-electron chi connectivity index (χ4n) is 0. The largest absolute Gasteiger partial charge is 3.00 e. The average Bonchev–Trinajstić information content (AvgIpc) is 0.722. The number of rotatable bonds is 0. The Hall–Kier alpha value is 2.68. The smallest absolute Gasteiger partial charge is 0.894 e. The maximum absolute atomic E-state index is 8.58. The maximum Gasteiger partial charge on any atom is 3.00 e. The molecule has 0 atom stereocenters. The van der Waals surface area contributed by atoms with Crippen molar-refractivity contribution in [2.75, 3.05) is 0 Å². The van der Waals surface area contributed by atoms with Gasteiger partial charge in [-0.2, -0.15) is 0 Å². The van der Waals surface area contributed by atoms with Crippen LogP contribution in [0.3, 0.4) is 0 Å². The van der Waals surface area contributed by atoms with Crippen molar-refractivity contribution in [3.63, 3.8) is 0 Å². The second-order valence-corrected chi connectivity index (χ2v) is 1.50. The maximum atomic E-state index is 8.58. The van der Waals surface area contributed by atoms with E-state index in [4.69, 9.17) is 19.2 Å². The summed E-state index contributed by atoms with van der Waals surface area (Å²) in [7, 11) is -5.61. The van der Waals surface area contributed by atoms with Gasteiger partial charge >= 0.3 is 79.6 Å². The topological polar surface area (TPSA) is 92.2 Å². The van der Waals surface area contributed by atoms with Crippen LogP contribution in [-0.4, -0.2) is 9.05 Å². The van der Waals surface area contributed by atoms with Gasteiger partial charge < -0.3 is 28.2 Å². The van der Waals surface area contributed by atoms with Crippen LogP contribution in [0.15, 0.2) is 0 Å². The molecule has 0 N–H and O–H groups in total. The normalized spacial score (nSPS) is 8.57. The van der Waals surface area contributed by atoms with Gasteiger partial charge in [0.25, 0.3) is 0 Å². The van der Waals surface area contributed by atoms with Gasteiger partial charge in [-0.05, 0) is 0 Å². The Balaban J connectivity index is -0.0000000800. The van der Waals surface area contributed by atoms with Gasteiger partial charge in [0.1, 0.15) is 0 Å². The van der Waals surface area contributed by atoms with Gasteiger partial charge in [0.15, 0.2) is 0 Å². The number of hydrogen-bond donors (Lipinski definition) is 0. The van der Waals surface area contributed by atoms with Crippen LogP contribution >= 0.6 is 0 Å².